The molecule has 4 heteroatoms. The van der Waals surface area contributed by atoms with Gasteiger partial charge in [-0.25, -0.2) is 13.8 Å². The van der Waals surface area contributed by atoms with Crippen LogP contribution >= 0.6 is 0 Å². The van der Waals surface area contributed by atoms with E-state index in [9.17, 15) is 8.78 Å². The van der Waals surface area contributed by atoms with Crippen molar-refractivity contribution in [1.82, 2.24) is 9.97 Å². The van der Waals surface area contributed by atoms with E-state index in [0.717, 1.165) is 18.3 Å². The number of hydrogen-bond acceptors (Lipinski definition) is 1. The molecule has 2 aromatic rings. The zero-order valence-corrected chi connectivity index (χ0v) is 10.9. The first-order valence-corrected chi connectivity index (χ1v) is 7.06. The summed E-state index contributed by atoms with van der Waals surface area (Å²) < 4.78 is 26.3. The third-order valence-corrected chi connectivity index (χ3v) is 4.03. The maximum Gasteiger partial charge on any atom is 0.161 e. The van der Waals surface area contributed by atoms with Crippen molar-refractivity contribution in [3.05, 3.63) is 29.6 Å². The summed E-state index contributed by atoms with van der Waals surface area (Å²) >= 11 is 0. The van der Waals surface area contributed by atoms with E-state index in [4.69, 9.17) is 0 Å². The minimum atomic E-state index is -0.833. The molecule has 1 aromatic heterocycles. The van der Waals surface area contributed by atoms with E-state index < -0.39 is 11.6 Å². The number of rotatable bonds is 2. The fraction of sp³-hybridized carbons (Fsp3) is 0.533. The molecule has 1 aliphatic carbocycles. The van der Waals surface area contributed by atoms with Crippen LogP contribution in [0.15, 0.2) is 12.1 Å². The second kappa shape index (κ2) is 5.27. The quantitative estimate of drug-likeness (QED) is 0.802. The Morgan fingerprint density at radius 2 is 1.74 bits per heavy atom. The number of aromatic amines is 1. The van der Waals surface area contributed by atoms with Gasteiger partial charge in [0.1, 0.15) is 5.82 Å². The highest BCUT2D eigenvalue weighted by Crippen LogP contribution is 2.26. The predicted molar refractivity (Wildman–Crippen MR) is 70.9 cm³/mol. The lowest BCUT2D eigenvalue weighted by molar-refractivity contribution is 0.450. The van der Waals surface area contributed by atoms with Gasteiger partial charge in [0.25, 0.3) is 0 Å². The average molecular weight is 264 g/mol. The number of halogens is 2. The van der Waals surface area contributed by atoms with Gasteiger partial charge in [-0.1, -0.05) is 38.5 Å². The maximum absolute atomic E-state index is 13.1. The van der Waals surface area contributed by atoms with Gasteiger partial charge in [0.2, 0.25) is 0 Å². The maximum atomic E-state index is 13.1. The lowest BCUT2D eigenvalue weighted by Crippen LogP contribution is -2.04. The SMILES string of the molecule is Fc1cc2nc(CC3CCCCCC3)[nH]c2cc1F. The second-order valence-electron chi connectivity index (χ2n) is 5.53. The third kappa shape index (κ3) is 2.77. The van der Waals surface area contributed by atoms with Crippen molar-refractivity contribution in [2.45, 2.75) is 44.9 Å². The van der Waals surface area contributed by atoms with Crippen LogP contribution in [0.4, 0.5) is 8.78 Å². The summed E-state index contributed by atoms with van der Waals surface area (Å²) in [7, 11) is 0. The Morgan fingerprint density at radius 1 is 1.05 bits per heavy atom. The largest absolute Gasteiger partial charge is 0.342 e. The molecule has 1 aromatic carbocycles. The zero-order valence-electron chi connectivity index (χ0n) is 10.9. The van der Waals surface area contributed by atoms with Gasteiger partial charge in [-0.05, 0) is 5.92 Å². The molecule has 2 nitrogen and oxygen atoms in total. The van der Waals surface area contributed by atoms with Crippen LogP contribution in [-0.4, -0.2) is 9.97 Å². The Kier molecular flexibility index (Phi) is 3.49. The molecule has 0 aliphatic heterocycles. The smallest absolute Gasteiger partial charge is 0.161 e. The molecule has 1 fully saturated rings. The van der Waals surface area contributed by atoms with E-state index in [1.165, 1.54) is 44.6 Å². The minimum absolute atomic E-state index is 0.516. The summed E-state index contributed by atoms with van der Waals surface area (Å²) in [4.78, 5) is 7.49. The van der Waals surface area contributed by atoms with Gasteiger partial charge in [0, 0.05) is 18.6 Å². The van der Waals surface area contributed by atoms with Crippen LogP contribution < -0.4 is 0 Å². The minimum Gasteiger partial charge on any atom is -0.342 e. The molecule has 0 saturated heterocycles. The van der Waals surface area contributed by atoms with Gasteiger partial charge in [0.15, 0.2) is 11.6 Å². The molecule has 102 valence electrons. The molecule has 3 rings (SSSR count). The first kappa shape index (κ1) is 12.6. The van der Waals surface area contributed by atoms with E-state index in [-0.39, 0.29) is 0 Å². The van der Waals surface area contributed by atoms with Crippen molar-refractivity contribution in [2.75, 3.05) is 0 Å². The number of imidazole rings is 1. The van der Waals surface area contributed by atoms with Crippen LogP contribution in [0.25, 0.3) is 11.0 Å². The number of H-pyrrole nitrogens is 1. The standard InChI is InChI=1S/C15H18F2N2/c16-11-8-13-14(9-12(11)17)19-15(18-13)7-10-5-3-1-2-4-6-10/h8-10H,1-7H2,(H,18,19). The summed E-state index contributed by atoms with van der Waals surface area (Å²) in [6.07, 6.45) is 8.58. The van der Waals surface area contributed by atoms with Crippen molar-refractivity contribution in [3.8, 4) is 0 Å². The first-order chi connectivity index (χ1) is 9.22. The van der Waals surface area contributed by atoms with Crippen LogP contribution in [0.5, 0.6) is 0 Å². The zero-order chi connectivity index (χ0) is 13.2. The molecule has 0 radical (unpaired) electrons. The fourth-order valence-electron chi connectivity index (χ4n) is 3.00. The highest BCUT2D eigenvalue weighted by molar-refractivity contribution is 5.75. The Bertz CT molecular complexity index is 530. The van der Waals surface area contributed by atoms with Gasteiger partial charge in [-0.2, -0.15) is 0 Å². The van der Waals surface area contributed by atoms with Gasteiger partial charge in [-0.3, -0.25) is 0 Å². The van der Waals surface area contributed by atoms with Crippen molar-refractivity contribution in [1.29, 1.82) is 0 Å². The number of aromatic nitrogens is 2. The molecule has 1 aliphatic rings. The summed E-state index contributed by atoms with van der Waals surface area (Å²) in [5, 5.41) is 0. The van der Waals surface area contributed by atoms with E-state index in [2.05, 4.69) is 9.97 Å². The molecular formula is C15H18F2N2. The van der Waals surface area contributed by atoms with Crippen LogP contribution in [0.1, 0.15) is 44.3 Å². The molecule has 1 N–H and O–H groups in total. The Morgan fingerprint density at radius 3 is 2.47 bits per heavy atom. The molecule has 0 bridgehead atoms. The number of fused-ring (bicyclic) bond motifs is 1. The highest BCUT2D eigenvalue weighted by Gasteiger charge is 2.15. The lowest BCUT2D eigenvalue weighted by Gasteiger charge is -2.11. The molecule has 0 spiro atoms. The molecular weight excluding hydrogens is 246 g/mol. The fourth-order valence-corrected chi connectivity index (χ4v) is 3.00. The van der Waals surface area contributed by atoms with Crippen molar-refractivity contribution in [2.24, 2.45) is 5.92 Å². The monoisotopic (exact) mass is 264 g/mol. The molecule has 19 heavy (non-hydrogen) atoms. The third-order valence-electron chi connectivity index (χ3n) is 4.03. The van der Waals surface area contributed by atoms with Gasteiger partial charge >= 0.3 is 0 Å². The van der Waals surface area contributed by atoms with Crippen molar-refractivity contribution < 1.29 is 8.78 Å². The summed E-state index contributed by atoms with van der Waals surface area (Å²) in [5.41, 5.74) is 1.10. The van der Waals surface area contributed by atoms with Gasteiger partial charge < -0.3 is 4.98 Å². The Balaban J connectivity index is 1.80. The first-order valence-electron chi connectivity index (χ1n) is 7.06. The van der Waals surface area contributed by atoms with E-state index >= 15 is 0 Å². The number of benzene rings is 1. The van der Waals surface area contributed by atoms with Crippen molar-refractivity contribution in [3.63, 3.8) is 0 Å². The molecule has 0 unspecified atom stereocenters. The second-order valence-corrected chi connectivity index (χ2v) is 5.53. The van der Waals surface area contributed by atoms with Crippen LogP contribution in [0.2, 0.25) is 0 Å². The number of nitrogens with one attached hydrogen (secondary N) is 1. The lowest BCUT2D eigenvalue weighted by atomic mass is 9.96. The van der Waals surface area contributed by atoms with Crippen LogP contribution in [0, 0.1) is 17.6 Å². The molecule has 0 amide bonds. The van der Waals surface area contributed by atoms with Gasteiger partial charge in [0.05, 0.1) is 11.0 Å². The summed E-state index contributed by atoms with van der Waals surface area (Å²) in [5.74, 6) is -0.151. The molecule has 0 atom stereocenters. The normalized spacial score (nSPS) is 17.8. The van der Waals surface area contributed by atoms with E-state index in [1.54, 1.807) is 0 Å². The topological polar surface area (TPSA) is 28.7 Å². The summed E-state index contributed by atoms with van der Waals surface area (Å²) in [6, 6.07) is 2.35. The van der Waals surface area contributed by atoms with Gasteiger partial charge in [-0.15, -0.1) is 0 Å². The Labute approximate surface area is 111 Å². The molecule has 1 saturated carbocycles. The highest BCUT2D eigenvalue weighted by atomic mass is 19.2. The average Bonchev–Trinajstić information content (AvgIpc) is 2.60. The number of nitrogens with zero attached hydrogens (tertiary/aromatic N) is 1. The van der Waals surface area contributed by atoms with Crippen LogP contribution in [-0.2, 0) is 6.42 Å². The summed E-state index contributed by atoms with van der Waals surface area (Å²) in [6.45, 7) is 0. The van der Waals surface area contributed by atoms with Crippen molar-refractivity contribution >= 4 is 11.0 Å². The van der Waals surface area contributed by atoms with E-state index in [1.807, 2.05) is 0 Å². The predicted octanol–water partition coefficient (Wildman–Crippen LogP) is 4.35. The van der Waals surface area contributed by atoms with Crippen LogP contribution in [0.3, 0.4) is 0 Å². The number of hydrogen-bond donors (Lipinski definition) is 1. The van der Waals surface area contributed by atoms with E-state index in [0.29, 0.717) is 17.0 Å². The Hall–Kier alpha value is -1.45. The molecule has 1 heterocycles.